The first-order chi connectivity index (χ1) is 9.78. The minimum Gasteiger partial charge on any atom is -0.312 e. The van der Waals surface area contributed by atoms with Gasteiger partial charge in [-0.2, -0.15) is 0 Å². The van der Waals surface area contributed by atoms with E-state index >= 15 is 0 Å². The lowest BCUT2D eigenvalue weighted by Crippen LogP contribution is -2.07. The number of aryl methyl sites for hydroxylation is 4. The fraction of sp³-hybridized carbons (Fsp3) is 0.333. The molecule has 3 nitrogen and oxygen atoms in total. The molecule has 3 heterocycles. The number of rotatable bonds is 5. The highest BCUT2D eigenvalue weighted by Crippen LogP contribution is 2.18. The Morgan fingerprint density at radius 3 is 2.85 bits per heavy atom. The monoisotopic (exact) mass is 305 g/mol. The van der Waals surface area contributed by atoms with Gasteiger partial charge in [0, 0.05) is 29.4 Å². The van der Waals surface area contributed by atoms with Gasteiger partial charge < -0.3 is 4.57 Å². The third-order valence-corrected chi connectivity index (χ3v) is 4.42. The summed E-state index contributed by atoms with van der Waals surface area (Å²) >= 11 is 7.69. The van der Waals surface area contributed by atoms with E-state index in [2.05, 4.69) is 32.0 Å². The third kappa shape index (κ3) is 2.72. The van der Waals surface area contributed by atoms with Crippen molar-refractivity contribution >= 4 is 34.1 Å². The van der Waals surface area contributed by atoms with Crippen molar-refractivity contribution in [2.75, 3.05) is 5.88 Å². The van der Waals surface area contributed by atoms with E-state index in [1.165, 1.54) is 4.88 Å². The first-order valence-electron chi connectivity index (χ1n) is 6.69. The summed E-state index contributed by atoms with van der Waals surface area (Å²) in [7, 11) is 0. The number of alkyl halides is 1. The van der Waals surface area contributed by atoms with Crippen LogP contribution in [0.15, 0.2) is 29.6 Å². The van der Waals surface area contributed by atoms with Gasteiger partial charge in [0.15, 0.2) is 5.65 Å². The average molecular weight is 306 g/mol. The van der Waals surface area contributed by atoms with Gasteiger partial charge in [-0.15, -0.1) is 22.9 Å². The Hall–Kier alpha value is -1.39. The first-order valence-corrected chi connectivity index (χ1v) is 8.10. The normalized spacial score (nSPS) is 11.3. The molecule has 0 atom stereocenters. The Morgan fingerprint density at radius 1 is 1.20 bits per heavy atom. The quantitative estimate of drug-likeness (QED) is 0.671. The molecule has 0 aliphatic rings. The third-order valence-electron chi connectivity index (χ3n) is 3.29. The molecule has 104 valence electrons. The molecule has 3 rings (SSSR count). The summed E-state index contributed by atoms with van der Waals surface area (Å²) in [5.74, 6) is 1.62. The van der Waals surface area contributed by atoms with Crippen molar-refractivity contribution in [2.24, 2.45) is 0 Å². The first kappa shape index (κ1) is 13.6. The molecule has 20 heavy (non-hydrogen) atoms. The molecule has 0 aromatic carbocycles. The molecule has 0 aliphatic heterocycles. The van der Waals surface area contributed by atoms with Crippen molar-refractivity contribution in [2.45, 2.75) is 26.3 Å². The molecule has 0 amide bonds. The molecular formula is C15H16ClN3S. The van der Waals surface area contributed by atoms with E-state index in [-0.39, 0.29) is 0 Å². The lowest BCUT2D eigenvalue weighted by molar-refractivity contribution is 0.674. The molecule has 0 bridgehead atoms. The van der Waals surface area contributed by atoms with E-state index in [1.807, 2.05) is 19.1 Å². The highest BCUT2D eigenvalue weighted by Gasteiger charge is 2.11. The molecule has 0 saturated heterocycles. The van der Waals surface area contributed by atoms with Crippen molar-refractivity contribution in [1.82, 2.24) is 14.5 Å². The van der Waals surface area contributed by atoms with E-state index in [0.29, 0.717) is 5.88 Å². The summed E-state index contributed by atoms with van der Waals surface area (Å²) in [5.41, 5.74) is 2.95. The van der Waals surface area contributed by atoms with Crippen LogP contribution in [0.25, 0.3) is 11.2 Å². The Labute approximate surface area is 127 Å². The number of hydrogen-bond donors (Lipinski definition) is 0. The number of hydrogen-bond acceptors (Lipinski definition) is 3. The number of imidazole rings is 1. The maximum atomic E-state index is 5.89. The number of halogens is 1. The summed E-state index contributed by atoms with van der Waals surface area (Å²) in [6.45, 7) is 2.91. The van der Waals surface area contributed by atoms with E-state index in [4.69, 9.17) is 11.6 Å². The van der Waals surface area contributed by atoms with Gasteiger partial charge >= 0.3 is 0 Å². The lowest BCUT2D eigenvalue weighted by Gasteiger charge is -2.07. The average Bonchev–Trinajstić information content (AvgIpc) is 3.04. The molecule has 0 spiro atoms. The zero-order chi connectivity index (χ0) is 13.9. The summed E-state index contributed by atoms with van der Waals surface area (Å²) < 4.78 is 2.21. The number of nitrogens with zero attached hydrogens (tertiary/aromatic N) is 3. The molecule has 5 heteroatoms. The minimum absolute atomic E-state index is 0.585. The number of pyridine rings is 1. The zero-order valence-corrected chi connectivity index (χ0v) is 12.9. The molecule has 3 aromatic rings. The zero-order valence-electron chi connectivity index (χ0n) is 11.3. The van der Waals surface area contributed by atoms with Crippen LogP contribution in [0, 0.1) is 6.92 Å². The second-order valence-electron chi connectivity index (χ2n) is 4.74. The van der Waals surface area contributed by atoms with E-state index < -0.39 is 0 Å². The highest BCUT2D eigenvalue weighted by molar-refractivity contribution is 7.09. The van der Waals surface area contributed by atoms with Crippen molar-refractivity contribution in [3.8, 4) is 0 Å². The fourth-order valence-corrected chi connectivity index (χ4v) is 3.20. The van der Waals surface area contributed by atoms with Gasteiger partial charge in [-0.1, -0.05) is 6.07 Å². The number of aromatic nitrogens is 3. The summed E-state index contributed by atoms with van der Waals surface area (Å²) in [6, 6.07) is 8.30. The predicted molar refractivity (Wildman–Crippen MR) is 84.7 cm³/mol. The van der Waals surface area contributed by atoms with Crippen LogP contribution in [-0.2, 0) is 19.4 Å². The van der Waals surface area contributed by atoms with Crippen LogP contribution in [0.4, 0.5) is 0 Å². The van der Waals surface area contributed by atoms with Gasteiger partial charge in [-0.05, 0) is 36.9 Å². The number of fused-ring (bicyclic) bond motifs is 1. The highest BCUT2D eigenvalue weighted by atomic mass is 35.5. The molecule has 0 unspecified atom stereocenters. The molecule has 0 aliphatic carbocycles. The Bertz CT molecular complexity index is 703. The molecule has 0 fully saturated rings. The van der Waals surface area contributed by atoms with Crippen LogP contribution in [-0.4, -0.2) is 20.4 Å². The van der Waals surface area contributed by atoms with E-state index in [1.54, 1.807) is 11.3 Å². The van der Waals surface area contributed by atoms with Crippen LogP contribution >= 0.6 is 22.9 Å². The lowest BCUT2D eigenvalue weighted by atomic mass is 10.3. The van der Waals surface area contributed by atoms with E-state index in [0.717, 1.165) is 42.1 Å². The SMILES string of the molecule is Cc1ccc2nc(CCCl)n(CCc3cccs3)c2n1. The Morgan fingerprint density at radius 2 is 2.10 bits per heavy atom. The van der Waals surface area contributed by atoms with Gasteiger partial charge in [0.25, 0.3) is 0 Å². The van der Waals surface area contributed by atoms with Gasteiger partial charge in [0.05, 0.1) is 0 Å². The van der Waals surface area contributed by atoms with Gasteiger partial charge in [0.1, 0.15) is 11.3 Å². The van der Waals surface area contributed by atoms with E-state index in [9.17, 15) is 0 Å². The van der Waals surface area contributed by atoms with Crippen molar-refractivity contribution in [3.63, 3.8) is 0 Å². The Kier molecular flexibility index (Phi) is 4.03. The standard InChI is InChI=1S/C15H16ClN3S/c1-11-4-5-13-15(17-11)19(14(18-13)6-8-16)9-7-12-3-2-10-20-12/h2-5,10H,6-9H2,1H3. The molecule has 3 aromatic heterocycles. The predicted octanol–water partition coefficient (Wildman–Crippen LogP) is 3.83. The Balaban J connectivity index is 1.96. The van der Waals surface area contributed by atoms with Crippen molar-refractivity contribution < 1.29 is 0 Å². The molecule has 0 N–H and O–H groups in total. The van der Waals surface area contributed by atoms with Crippen molar-refractivity contribution in [3.05, 3.63) is 46.0 Å². The second kappa shape index (κ2) is 5.94. The summed E-state index contributed by atoms with van der Waals surface area (Å²) in [5, 5.41) is 2.11. The summed E-state index contributed by atoms with van der Waals surface area (Å²) in [4.78, 5) is 10.7. The minimum atomic E-state index is 0.585. The second-order valence-corrected chi connectivity index (χ2v) is 6.15. The number of thiophene rings is 1. The largest absolute Gasteiger partial charge is 0.312 e. The van der Waals surface area contributed by atoms with Crippen LogP contribution in [0.1, 0.15) is 16.4 Å². The summed E-state index contributed by atoms with van der Waals surface area (Å²) in [6.07, 6.45) is 1.79. The van der Waals surface area contributed by atoms with Crippen molar-refractivity contribution in [1.29, 1.82) is 0 Å². The van der Waals surface area contributed by atoms with Crippen LogP contribution in [0.3, 0.4) is 0 Å². The fourth-order valence-electron chi connectivity index (χ4n) is 2.33. The molecule has 0 saturated carbocycles. The van der Waals surface area contributed by atoms with Crippen LogP contribution in [0.5, 0.6) is 0 Å². The molecular weight excluding hydrogens is 290 g/mol. The maximum Gasteiger partial charge on any atom is 0.160 e. The van der Waals surface area contributed by atoms with Gasteiger partial charge in [0.2, 0.25) is 0 Å². The topological polar surface area (TPSA) is 30.7 Å². The van der Waals surface area contributed by atoms with Gasteiger partial charge in [-0.3, -0.25) is 0 Å². The van der Waals surface area contributed by atoms with Crippen LogP contribution in [0.2, 0.25) is 0 Å². The molecule has 0 radical (unpaired) electrons. The smallest absolute Gasteiger partial charge is 0.160 e. The van der Waals surface area contributed by atoms with Crippen LogP contribution < -0.4 is 0 Å². The maximum absolute atomic E-state index is 5.89. The van der Waals surface area contributed by atoms with Gasteiger partial charge in [-0.25, -0.2) is 9.97 Å².